The second kappa shape index (κ2) is 43.9. The maximum atomic E-state index is 15.1. The number of nitrogens with one attached hydrogen (secondary N) is 10. The van der Waals surface area contributed by atoms with Crippen molar-refractivity contribution in [2.24, 2.45) is 41.0 Å². The first-order valence-corrected chi connectivity index (χ1v) is 42.5. The van der Waals surface area contributed by atoms with Crippen molar-refractivity contribution >= 4 is 131 Å². The molecule has 22 N–H and O–H groups in total. The van der Waals surface area contributed by atoms with Gasteiger partial charge in [-0.1, -0.05) is 111 Å². The summed E-state index contributed by atoms with van der Waals surface area (Å²) in [6, 6.07) is 11.4. The molecule has 0 radical (unpaired) electrons. The summed E-state index contributed by atoms with van der Waals surface area (Å²) in [5.74, 6) is -9.64. The van der Waals surface area contributed by atoms with E-state index in [1.54, 1.807) is 92.0 Å². The standard InChI is InChI=1S/C78H111N21O16S3/c1-42(2)36-59-72(108)88-53(24-30-79)67(103)87-56(27-33-82)71(107)95-64(45(5)100)74(110)84-34-28-57(70(106)86-54(25-31-80)69(105)92-60(73(109)91-59)37-47-16-13-12-14-17-47)89-68(104)55(26-32-81)90-75(111)65(46(6)101)94-63(102)41-117-116-40-48-18-15-19-52(78(7,8)9)66(48)115-77(112)99(50-21-20-43(3)61(39-50)118(83,113)114)76-85-35-29-62(93-76)97(10)49-22-23-51-44(4)98(11)96-58(51)38-49/h12-23,29,35,38-39,42,45-46,53-57,59-60,64-65,100-101H,24-28,30-34,36-37,40-41,79-82H2,1-11H3,(H,84,110)(H,86,106)(H,87,103)(H,88,108)(H,89,104)(H,90,111)(H,91,109)(H,92,105)(H,94,102)(H,95,107)(H2,83,113,114)/t45-,46-,53+,54+,55+,56+,57+,59+,60-,64+,65+/m1/s1. The summed E-state index contributed by atoms with van der Waals surface area (Å²) in [7, 11) is 1.46. The van der Waals surface area contributed by atoms with Gasteiger partial charge in [0.05, 0.1) is 34.1 Å². The zero-order valence-electron chi connectivity index (χ0n) is 68.0. The quantitative estimate of drug-likeness (QED) is 0.0212. The van der Waals surface area contributed by atoms with Crippen LogP contribution in [0, 0.1) is 19.8 Å². The number of carbonyl (C=O) groups is 11. The van der Waals surface area contributed by atoms with Gasteiger partial charge in [-0.05, 0) is 151 Å². The van der Waals surface area contributed by atoms with Crippen molar-refractivity contribution in [3.05, 3.63) is 125 Å². The van der Waals surface area contributed by atoms with Crippen LogP contribution in [-0.4, -0.2) is 216 Å². The highest BCUT2D eigenvalue weighted by molar-refractivity contribution is 8.76. The summed E-state index contributed by atoms with van der Waals surface area (Å²) in [5, 5.41) is 58.9. The van der Waals surface area contributed by atoms with Crippen molar-refractivity contribution in [3.63, 3.8) is 0 Å². The minimum Gasteiger partial charge on any atom is -0.409 e. The van der Waals surface area contributed by atoms with Gasteiger partial charge in [0.15, 0.2) is 0 Å². The topological polar surface area (TPSA) is 572 Å². The van der Waals surface area contributed by atoms with Crippen molar-refractivity contribution in [3.8, 4) is 5.75 Å². The lowest BCUT2D eigenvalue weighted by Gasteiger charge is -2.28. The minimum absolute atomic E-state index is 0.00848. The predicted molar refractivity (Wildman–Crippen MR) is 448 cm³/mol. The monoisotopic (exact) mass is 1690 g/mol. The number of aliphatic hydroxyl groups is 2. The van der Waals surface area contributed by atoms with Crippen LogP contribution in [0.3, 0.4) is 0 Å². The molecule has 1 aliphatic heterocycles. The first-order chi connectivity index (χ1) is 55.8. The summed E-state index contributed by atoms with van der Waals surface area (Å²) in [5.41, 5.74) is 27.5. The van der Waals surface area contributed by atoms with Crippen LogP contribution in [0.4, 0.5) is 27.9 Å². The lowest BCUT2D eigenvalue weighted by atomic mass is 9.85. The van der Waals surface area contributed by atoms with Gasteiger partial charge < -0.3 is 96.0 Å². The van der Waals surface area contributed by atoms with Gasteiger partial charge in [-0.2, -0.15) is 10.1 Å². The van der Waals surface area contributed by atoms with E-state index in [2.05, 4.69) is 63.3 Å². The van der Waals surface area contributed by atoms with Gasteiger partial charge in [0.25, 0.3) is 0 Å². The van der Waals surface area contributed by atoms with Gasteiger partial charge in [0, 0.05) is 66.9 Å². The van der Waals surface area contributed by atoms with E-state index in [9.17, 15) is 66.6 Å². The Morgan fingerprint density at radius 3 is 1.88 bits per heavy atom. The SMILES string of the molecule is Cc1ccc(N(C(=O)Oc2c(CSSCC(=O)N[C@H](C(=O)N[C@@H](CCN)C(=O)N[C@H]3CCNC(=O)[C@H]([C@@H](C)O)NC(=O)[C@H](CCN)NC(=O)[C@H](CCN)NC(=O)[C@H](CC(C)C)NC(=O)[C@@H](Cc4ccccc4)NC(=O)[C@H](CCN)NC3=O)[C@@H](C)O)cccc2C(C)(C)C)c2nccc(N(C)c3ccc4c(C)n(C)nc4c3)n2)cc1S(N)(=O)=O. The number of aryl methyl sites for hydroxylation is 3. The first kappa shape index (κ1) is 94.7. The number of primary sulfonamides is 1. The molecule has 0 saturated carbocycles. The third-order valence-electron chi connectivity index (χ3n) is 19.3. The van der Waals surface area contributed by atoms with Crippen LogP contribution in [0.25, 0.3) is 10.9 Å². The van der Waals surface area contributed by atoms with E-state index in [0.29, 0.717) is 33.8 Å². The van der Waals surface area contributed by atoms with E-state index in [1.165, 1.54) is 38.2 Å². The Morgan fingerprint density at radius 1 is 0.695 bits per heavy atom. The average Bonchev–Trinajstić information content (AvgIpc) is 1.02. The fourth-order valence-electron chi connectivity index (χ4n) is 12.8. The number of hydrogen-bond donors (Lipinski definition) is 17. The van der Waals surface area contributed by atoms with E-state index in [-0.39, 0.29) is 104 Å². The molecular weight excluding hydrogens is 1580 g/mol. The molecule has 642 valence electrons. The highest BCUT2D eigenvalue weighted by atomic mass is 33.1. The van der Waals surface area contributed by atoms with Gasteiger partial charge >= 0.3 is 6.09 Å². The Kier molecular flexibility index (Phi) is 35.2. The number of carbonyl (C=O) groups excluding carboxylic acids is 11. The van der Waals surface area contributed by atoms with Crippen LogP contribution in [0.5, 0.6) is 5.75 Å². The molecule has 0 bridgehead atoms. The number of ether oxygens (including phenoxy) is 1. The summed E-state index contributed by atoms with van der Waals surface area (Å²) in [4.78, 5) is 170. The normalized spacial score (nSPS) is 19.5. The van der Waals surface area contributed by atoms with Crippen LogP contribution >= 0.6 is 21.6 Å². The van der Waals surface area contributed by atoms with Crippen LogP contribution in [0.2, 0.25) is 0 Å². The molecule has 3 heterocycles. The number of nitrogens with zero attached hydrogens (tertiary/aromatic N) is 6. The smallest absolute Gasteiger partial charge is 0.409 e. The van der Waals surface area contributed by atoms with Crippen molar-refractivity contribution < 1.29 is 76.1 Å². The maximum absolute atomic E-state index is 15.1. The molecule has 0 unspecified atom stereocenters. The third kappa shape index (κ3) is 26.5. The zero-order valence-corrected chi connectivity index (χ0v) is 70.4. The Labute approximate surface area is 693 Å². The van der Waals surface area contributed by atoms with Crippen LogP contribution in [-0.2, 0) is 82.6 Å². The number of hydrogen-bond acceptors (Lipinski definition) is 26. The average molecular weight is 1700 g/mol. The number of nitrogens with two attached hydrogens (primary N) is 5. The number of rotatable bonds is 30. The molecule has 37 nitrogen and oxygen atoms in total. The Bertz CT molecular complexity index is 4670. The molecule has 6 aromatic rings. The molecule has 118 heavy (non-hydrogen) atoms. The minimum atomic E-state index is -4.34. The van der Waals surface area contributed by atoms with E-state index < -0.39 is 160 Å². The number of fused-ring (bicyclic) bond motifs is 1. The third-order valence-corrected chi connectivity index (χ3v) is 22.5. The van der Waals surface area contributed by atoms with E-state index in [1.807, 2.05) is 52.9 Å². The first-order valence-electron chi connectivity index (χ1n) is 38.5. The largest absolute Gasteiger partial charge is 0.426 e. The summed E-state index contributed by atoms with van der Waals surface area (Å²) >= 11 is 0. The predicted octanol–water partition coefficient (Wildman–Crippen LogP) is 0.240. The van der Waals surface area contributed by atoms with Crippen molar-refractivity contribution in [2.75, 3.05) is 55.3 Å². The lowest BCUT2D eigenvalue weighted by Crippen LogP contribution is -2.61. The molecule has 0 aliphatic carbocycles. The number of aliphatic hydroxyl groups excluding tert-OH is 2. The summed E-state index contributed by atoms with van der Waals surface area (Å²) < 4.78 is 34.2. The zero-order chi connectivity index (χ0) is 87.0. The summed E-state index contributed by atoms with van der Waals surface area (Å²) in [6.07, 6.45) is -4.36. The maximum Gasteiger partial charge on any atom is 0.426 e. The number of sulfonamides is 1. The number of anilines is 4. The molecule has 2 aromatic heterocycles. The Balaban J connectivity index is 1.11. The van der Waals surface area contributed by atoms with Gasteiger partial charge in [0.2, 0.25) is 75.0 Å². The highest BCUT2D eigenvalue weighted by Gasteiger charge is 2.39. The number of amides is 11. The molecule has 7 rings (SSSR count). The Hall–Kier alpha value is -10.4. The van der Waals surface area contributed by atoms with Crippen LogP contribution in [0.1, 0.15) is 115 Å². The molecule has 1 aliphatic rings. The van der Waals surface area contributed by atoms with E-state index in [4.69, 9.17) is 37.8 Å². The van der Waals surface area contributed by atoms with Gasteiger partial charge in [-0.3, -0.25) is 52.6 Å². The van der Waals surface area contributed by atoms with Crippen LogP contribution in [0.15, 0.2) is 102 Å². The van der Waals surface area contributed by atoms with Crippen molar-refractivity contribution in [2.45, 2.75) is 190 Å². The lowest BCUT2D eigenvalue weighted by molar-refractivity contribution is -0.136. The molecule has 11 amide bonds. The van der Waals surface area contributed by atoms with E-state index >= 15 is 4.79 Å². The van der Waals surface area contributed by atoms with Gasteiger partial charge in [-0.15, -0.1) is 0 Å². The molecule has 4 aromatic carbocycles. The molecule has 1 saturated heterocycles. The summed E-state index contributed by atoms with van der Waals surface area (Å²) in [6.45, 7) is 13.9. The fourth-order valence-corrected chi connectivity index (χ4v) is 15.5. The Morgan fingerprint density at radius 2 is 1.29 bits per heavy atom. The van der Waals surface area contributed by atoms with Gasteiger partial charge in [0.1, 0.15) is 65.9 Å². The second-order valence-corrected chi connectivity index (χ2v) is 34.1. The number of aromatic nitrogens is 4. The van der Waals surface area contributed by atoms with Crippen LogP contribution < -0.4 is 95.8 Å². The molecule has 11 atom stereocenters. The van der Waals surface area contributed by atoms with Gasteiger partial charge in [-0.25, -0.2) is 28.2 Å². The number of para-hydroxylation sites is 1. The highest BCUT2D eigenvalue weighted by Crippen LogP contribution is 2.40. The van der Waals surface area contributed by atoms with Crippen molar-refractivity contribution in [1.82, 2.24) is 72.9 Å². The van der Waals surface area contributed by atoms with E-state index in [0.717, 1.165) is 43.1 Å². The number of benzene rings is 4. The molecule has 1 fully saturated rings. The molecular formula is C78H111N21O16S3. The fraction of sp³-hybridized carbons (Fsp3) is 0.487. The van der Waals surface area contributed by atoms with Crippen molar-refractivity contribution in [1.29, 1.82) is 0 Å². The molecule has 0 spiro atoms. The second-order valence-electron chi connectivity index (χ2n) is 30.1. The molecule has 40 heteroatoms.